The Morgan fingerprint density at radius 1 is 1.02 bits per heavy atom. The highest BCUT2D eigenvalue weighted by atomic mass is 79.9. The number of carbonyl (C=O) groups is 1. The second-order valence-corrected chi connectivity index (χ2v) is 11.6. The highest BCUT2D eigenvalue weighted by molar-refractivity contribution is 9.10. The Morgan fingerprint density at radius 2 is 1.72 bits per heavy atom. The van der Waals surface area contributed by atoms with E-state index in [0.29, 0.717) is 36.0 Å². The topological polar surface area (TPSA) is 138 Å². The molecular formula is C35H34BrN5O5. The Kier molecular flexibility index (Phi) is 10.9. The molecule has 4 aromatic rings. The Labute approximate surface area is 275 Å². The fourth-order valence-corrected chi connectivity index (χ4v) is 5.64. The van der Waals surface area contributed by atoms with Crippen molar-refractivity contribution in [2.75, 3.05) is 20.3 Å². The molecule has 0 fully saturated rings. The van der Waals surface area contributed by atoms with Crippen LogP contribution in [0.15, 0.2) is 112 Å². The lowest BCUT2D eigenvalue weighted by molar-refractivity contribution is -0.129. The maximum absolute atomic E-state index is 14.6. The number of azide groups is 1. The number of nitrogens with zero attached hydrogens (tertiary/aromatic N) is 4. The average Bonchev–Trinajstić information content (AvgIpc) is 3.48. The van der Waals surface area contributed by atoms with Gasteiger partial charge in [0.05, 0.1) is 20.3 Å². The molecule has 0 saturated carbocycles. The van der Waals surface area contributed by atoms with Crippen LogP contribution < -0.4 is 14.8 Å². The van der Waals surface area contributed by atoms with E-state index < -0.39 is 11.6 Å². The molecule has 0 radical (unpaired) electrons. The number of amides is 1. The second-order valence-electron chi connectivity index (χ2n) is 10.7. The Morgan fingerprint density at radius 3 is 2.41 bits per heavy atom. The van der Waals surface area contributed by atoms with Crippen LogP contribution in [0.1, 0.15) is 40.3 Å². The molecule has 11 heteroatoms. The van der Waals surface area contributed by atoms with E-state index in [1.807, 2.05) is 97.1 Å². The maximum Gasteiger partial charge on any atom is 0.252 e. The van der Waals surface area contributed by atoms with Gasteiger partial charge < -0.3 is 24.6 Å². The summed E-state index contributed by atoms with van der Waals surface area (Å²) in [5.41, 5.74) is 11.5. The van der Waals surface area contributed by atoms with E-state index in [9.17, 15) is 4.79 Å². The number of aliphatic hydroxyl groups is 1. The van der Waals surface area contributed by atoms with Gasteiger partial charge in [0.2, 0.25) is 5.90 Å². The summed E-state index contributed by atoms with van der Waals surface area (Å²) in [6, 6.07) is 30.0. The van der Waals surface area contributed by atoms with Crippen molar-refractivity contribution in [2.45, 2.75) is 37.6 Å². The number of carbonyl (C=O) groups excluding carboxylic acids is 1. The summed E-state index contributed by atoms with van der Waals surface area (Å²) in [6.45, 7) is 0.781. The predicted octanol–water partition coefficient (Wildman–Crippen LogP) is 6.85. The van der Waals surface area contributed by atoms with E-state index >= 15 is 0 Å². The number of methoxy groups -OCH3 is 1. The number of aliphatic hydroxyl groups excluding tert-OH is 1. The largest absolute Gasteiger partial charge is 0.496 e. The van der Waals surface area contributed by atoms with E-state index in [2.05, 4.69) is 31.3 Å². The predicted molar refractivity (Wildman–Crippen MR) is 179 cm³/mol. The zero-order chi connectivity index (χ0) is 32.4. The number of ether oxygens (including phenoxy) is 3. The highest BCUT2D eigenvalue weighted by Crippen LogP contribution is 2.43. The van der Waals surface area contributed by atoms with E-state index in [1.165, 1.54) is 0 Å². The lowest BCUT2D eigenvalue weighted by Gasteiger charge is -2.31. The standard InChI is InChI=1S/C35H34BrN5O5/c1-44-31-10-5-4-9-28(31)22-38-34(43)35(21-26-7-2-3-8-27(26)23-39-41-37)32(24-11-15-29(36)16-12-24)46-33(40-35)25-13-17-30(18-14-25)45-20-6-19-42/h2-5,7-18,32,42H,6,19-23H2,1H3,(H,38,43)/t32-,35-/m1/s1. The number of rotatable bonds is 14. The molecule has 0 unspecified atom stereocenters. The summed E-state index contributed by atoms with van der Waals surface area (Å²) >= 11 is 3.51. The smallest absolute Gasteiger partial charge is 0.252 e. The van der Waals surface area contributed by atoms with Crippen molar-refractivity contribution < 1.29 is 24.1 Å². The quantitative estimate of drug-likeness (QED) is 0.0648. The first-order valence-electron chi connectivity index (χ1n) is 14.8. The van der Waals surface area contributed by atoms with Crippen molar-refractivity contribution in [3.63, 3.8) is 0 Å². The Hall–Kier alpha value is -4.83. The molecule has 46 heavy (non-hydrogen) atoms. The molecule has 0 bridgehead atoms. The van der Waals surface area contributed by atoms with Gasteiger partial charge in [-0.2, -0.15) is 0 Å². The minimum Gasteiger partial charge on any atom is -0.496 e. The zero-order valence-electron chi connectivity index (χ0n) is 25.3. The zero-order valence-corrected chi connectivity index (χ0v) is 26.9. The van der Waals surface area contributed by atoms with Crippen molar-refractivity contribution in [2.24, 2.45) is 10.1 Å². The molecule has 236 valence electrons. The summed E-state index contributed by atoms with van der Waals surface area (Å²) in [7, 11) is 1.59. The first-order valence-corrected chi connectivity index (χ1v) is 15.6. The normalized spacial score (nSPS) is 16.9. The maximum atomic E-state index is 14.6. The number of aliphatic imine (C=N–C) groups is 1. The number of hydrogen-bond donors (Lipinski definition) is 2. The molecule has 1 aliphatic rings. The fraction of sp³-hybridized carbons (Fsp3) is 0.257. The lowest BCUT2D eigenvalue weighted by Crippen LogP contribution is -2.49. The first-order chi connectivity index (χ1) is 22.5. The Balaban J connectivity index is 1.60. The molecule has 2 atom stereocenters. The van der Waals surface area contributed by atoms with Crippen molar-refractivity contribution in [3.05, 3.63) is 140 Å². The van der Waals surface area contributed by atoms with E-state index in [0.717, 1.165) is 26.7 Å². The van der Waals surface area contributed by atoms with Crippen LogP contribution in [0.25, 0.3) is 10.4 Å². The van der Waals surface area contributed by atoms with Gasteiger partial charge in [0.15, 0.2) is 11.6 Å². The average molecular weight is 685 g/mol. The highest BCUT2D eigenvalue weighted by Gasteiger charge is 2.53. The number of para-hydroxylation sites is 1. The molecule has 0 aromatic heterocycles. The number of nitrogens with one attached hydrogen (secondary N) is 1. The molecule has 4 aromatic carbocycles. The third kappa shape index (κ3) is 7.51. The molecule has 1 heterocycles. The van der Waals surface area contributed by atoms with Crippen LogP contribution in [0.3, 0.4) is 0 Å². The van der Waals surface area contributed by atoms with Gasteiger partial charge in [0, 0.05) is 46.5 Å². The van der Waals surface area contributed by atoms with E-state index in [1.54, 1.807) is 7.11 Å². The molecule has 10 nitrogen and oxygen atoms in total. The summed E-state index contributed by atoms with van der Waals surface area (Å²) in [5, 5.41) is 16.0. The van der Waals surface area contributed by atoms with Crippen LogP contribution in [-0.4, -0.2) is 42.8 Å². The second kappa shape index (κ2) is 15.4. The van der Waals surface area contributed by atoms with Gasteiger partial charge in [-0.1, -0.05) is 75.6 Å². The molecule has 1 amide bonds. The van der Waals surface area contributed by atoms with E-state index in [-0.39, 0.29) is 32.0 Å². The van der Waals surface area contributed by atoms with Crippen LogP contribution >= 0.6 is 15.9 Å². The minimum absolute atomic E-state index is 0.0490. The van der Waals surface area contributed by atoms with Gasteiger partial charge >= 0.3 is 0 Å². The summed E-state index contributed by atoms with van der Waals surface area (Å²) in [4.78, 5) is 22.7. The van der Waals surface area contributed by atoms with Crippen LogP contribution in [0.5, 0.6) is 11.5 Å². The molecule has 0 spiro atoms. The van der Waals surface area contributed by atoms with Gasteiger partial charge in [-0.3, -0.25) is 4.79 Å². The summed E-state index contributed by atoms with van der Waals surface area (Å²) < 4.78 is 18.8. The van der Waals surface area contributed by atoms with Crippen molar-refractivity contribution in [1.82, 2.24) is 5.32 Å². The van der Waals surface area contributed by atoms with Crippen molar-refractivity contribution in [3.8, 4) is 11.5 Å². The van der Waals surface area contributed by atoms with Gasteiger partial charge in [-0.25, -0.2) is 4.99 Å². The van der Waals surface area contributed by atoms with Crippen LogP contribution in [0.4, 0.5) is 0 Å². The molecule has 2 N–H and O–H groups in total. The molecule has 0 saturated heterocycles. The third-order valence-electron chi connectivity index (χ3n) is 7.72. The Bertz CT molecular complexity index is 1720. The number of benzene rings is 4. The summed E-state index contributed by atoms with van der Waals surface area (Å²) in [6.07, 6.45) is -0.0876. The van der Waals surface area contributed by atoms with Gasteiger partial charge in [0.25, 0.3) is 5.91 Å². The fourth-order valence-electron chi connectivity index (χ4n) is 5.38. The van der Waals surface area contributed by atoms with E-state index in [4.69, 9.17) is 29.8 Å². The molecule has 5 rings (SSSR count). The van der Waals surface area contributed by atoms with Gasteiger partial charge in [0.1, 0.15) is 11.5 Å². The van der Waals surface area contributed by atoms with Crippen molar-refractivity contribution in [1.29, 1.82) is 0 Å². The van der Waals surface area contributed by atoms with Crippen LogP contribution in [-0.2, 0) is 29.0 Å². The number of hydrogen-bond acceptors (Lipinski definition) is 7. The number of halogens is 1. The van der Waals surface area contributed by atoms with Crippen LogP contribution in [0, 0.1) is 0 Å². The van der Waals surface area contributed by atoms with Gasteiger partial charge in [-0.05, 0) is 64.7 Å². The first kappa shape index (κ1) is 32.6. The lowest BCUT2D eigenvalue weighted by atomic mass is 9.81. The van der Waals surface area contributed by atoms with Gasteiger partial charge in [-0.15, -0.1) is 0 Å². The molecular weight excluding hydrogens is 650 g/mol. The van der Waals surface area contributed by atoms with Crippen molar-refractivity contribution >= 4 is 27.7 Å². The molecule has 1 aliphatic heterocycles. The monoisotopic (exact) mass is 683 g/mol. The minimum atomic E-state index is -1.44. The third-order valence-corrected chi connectivity index (χ3v) is 8.25. The SMILES string of the molecule is COc1ccccc1CNC(=O)[C@]1(Cc2ccccc2CN=[N+]=[N-])N=C(c2ccc(OCCCO)cc2)O[C@@H]1c1ccc(Br)cc1. The van der Waals surface area contributed by atoms with Crippen LogP contribution in [0.2, 0.25) is 0 Å². The summed E-state index contributed by atoms with van der Waals surface area (Å²) in [5.74, 6) is 1.29. The molecule has 0 aliphatic carbocycles.